The molecule has 0 bridgehead atoms. The number of hydrogen-bond acceptors (Lipinski definition) is 6. The third-order valence-electron chi connectivity index (χ3n) is 5.47. The molecule has 0 unspecified atom stereocenters. The number of nitrogens with one attached hydrogen (secondary N) is 1. The predicted molar refractivity (Wildman–Crippen MR) is 145 cm³/mol. The number of ether oxygens (including phenoxy) is 2. The van der Waals surface area contributed by atoms with E-state index in [1.165, 1.54) is 17.6 Å². The van der Waals surface area contributed by atoms with Gasteiger partial charge >= 0.3 is 5.97 Å². The molecule has 0 aliphatic carbocycles. The maximum atomic E-state index is 12.8. The SMILES string of the molecule is Cc1ccc(C(C)C)cc1OCC(=O)NN=Cc1ccccc1OC(=O)c1sc2ccccc2c1Cl. The molecule has 3 aromatic carbocycles. The number of para-hydroxylation sites is 1. The van der Waals surface area contributed by atoms with E-state index < -0.39 is 11.9 Å². The van der Waals surface area contributed by atoms with Crippen molar-refractivity contribution in [2.75, 3.05) is 6.61 Å². The Morgan fingerprint density at radius 3 is 2.58 bits per heavy atom. The number of hydrogen-bond donors (Lipinski definition) is 1. The summed E-state index contributed by atoms with van der Waals surface area (Å²) in [4.78, 5) is 25.4. The van der Waals surface area contributed by atoms with Crippen LogP contribution >= 0.6 is 22.9 Å². The van der Waals surface area contributed by atoms with E-state index in [1.807, 2.05) is 43.3 Å². The molecule has 1 aromatic heterocycles. The van der Waals surface area contributed by atoms with E-state index in [1.54, 1.807) is 24.3 Å². The summed E-state index contributed by atoms with van der Waals surface area (Å²) < 4.78 is 12.2. The molecular formula is C28H25ClN2O4S. The molecular weight excluding hydrogens is 496 g/mol. The second kappa shape index (κ2) is 11.4. The number of amides is 1. The minimum absolute atomic E-state index is 0.180. The number of nitrogens with zero attached hydrogens (tertiary/aromatic N) is 1. The summed E-state index contributed by atoms with van der Waals surface area (Å²) in [6.07, 6.45) is 1.41. The van der Waals surface area contributed by atoms with E-state index in [0.717, 1.165) is 21.2 Å². The van der Waals surface area contributed by atoms with Gasteiger partial charge in [-0.1, -0.05) is 67.9 Å². The molecule has 0 aliphatic rings. The Kier molecular flexibility index (Phi) is 8.03. The minimum atomic E-state index is -0.557. The zero-order valence-corrected chi connectivity index (χ0v) is 21.7. The van der Waals surface area contributed by atoms with Gasteiger partial charge < -0.3 is 9.47 Å². The molecule has 0 saturated carbocycles. The Morgan fingerprint density at radius 1 is 1.06 bits per heavy atom. The molecule has 1 N–H and O–H groups in total. The van der Waals surface area contributed by atoms with E-state index in [0.29, 0.717) is 32.9 Å². The second-order valence-corrected chi connectivity index (χ2v) is 9.86. The predicted octanol–water partition coefficient (Wildman–Crippen LogP) is 6.73. The summed E-state index contributed by atoms with van der Waals surface area (Å²) in [5, 5.41) is 5.17. The van der Waals surface area contributed by atoms with Gasteiger partial charge in [-0.05, 0) is 48.2 Å². The molecule has 1 amide bonds. The lowest BCUT2D eigenvalue weighted by molar-refractivity contribution is -0.123. The van der Waals surface area contributed by atoms with Gasteiger partial charge in [0.25, 0.3) is 5.91 Å². The summed E-state index contributed by atoms with van der Waals surface area (Å²) in [7, 11) is 0. The van der Waals surface area contributed by atoms with Crippen molar-refractivity contribution in [3.05, 3.63) is 93.3 Å². The van der Waals surface area contributed by atoms with Crippen molar-refractivity contribution in [1.29, 1.82) is 0 Å². The molecule has 0 saturated heterocycles. The highest BCUT2D eigenvalue weighted by Gasteiger charge is 2.19. The molecule has 0 aliphatic heterocycles. The monoisotopic (exact) mass is 520 g/mol. The number of carbonyl (C=O) groups excluding carboxylic acids is 2. The first kappa shape index (κ1) is 25.4. The van der Waals surface area contributed by atoms with Crippen molar-refractivity contribution in [2.24, 2.45) is 5.10 Å². The smallest absolute Gasteiger partial charge is 0.355 e. The van der Waals surface area contributed by atoms with Crippen molar-refractivity contribution >= 4 is 51.1 Å². The summed E-state index contributed by atoms with van der Waals surface area (Å²) in [6, 6.07) is 20.4. The van der Waals surface area contributed by atoms with Gasteiger partial charge in [0.1, 0.15) is 16.4 Å². The molecule has 0 radical (unpaired) electrons. The van der Waals surface area contributed by atoms with Gasteiger partial charge in [0, 0.05) is 15.6 Å². The number of hydrazone groups is 1. The zero-order valence-electron chi connectivity index (χ0n) is 20.1. The van der Waals surface area contributed by atoms with Crippen molar-refractivity contribution < 1.29 is 19.1 Å². The number of rotatable bonds is 8. The maximum Gasteiger partial charge on any atom is 0.355 e. The van der Waals surface area contributed by atoms with E-state index >= 15 is 0 Å². The molecule has 4 aromatic rings. The largest absolute Gasteiger partial charge is 0.483 e. The lowest BCUT2D eigenvalue weighted by Crippen LogP contribution is -2.24. The fourth-order valence-electron chi connectivity index (χ4n) is 3.45. The number of halogens is 1. The summed E-state index contributed by atoms with van der Waals surface area (Å²) >= 11 is 7.68. The van der Waals surface area contributed by atoms with Gasteiger partial charge in [0.2, 0.25) is 0 Å². The van der Waals surface area contributed by atoms with Crippen molar-refractivity contribution in [2.45, 2.75) is 26.7 Å². The van der Waals surface area contributed by atoms with Crippen LogP contribution in [-0.4, -0.2) is 24.7 Å². The number of carbonyl (C=O) groups is 2. The number of aryl methyl sites for hydroxylation is 1. The lowest BCUT2D eigenvalue weighted by atomic mass is 10.0. The number of fused-ring (bicyclic) bond motifs is 1. The Morgan fingerprint density at radius 2 is 1.81 bits per heavy atom. The number of thiophene rings is 1. The molecule has 8 heteroatoms. The van der Waals surface area contributed by atoms with Gasteiger partial charge in [-0.2, -0.15) is 5.10 Å². The Balaban J connectivity index is 1.38. The van der Waals surface area contributed by atoms with Gasteiger partial charge in [0.05, 0.1) is 11.2 Å². The van der Waals surface area contributed by atoms with Crippen LogP contribution in [0.5, 0.6) is 11.5 Å². The third-order valence-corrected chi connectivity index (χ3v) is 7.13. The highest BCUT2D eigenvalue weighted by atomic mass is 35.5. The molecule has 6 nitrogen and oxygen atoms in total. The molecule has 184 valence electrons. The van der Waals surface area contributed by atoms with Gasteiger partial charge in [-0.3, -0.25) is 4.79 Å². The first-order valence-electron chi connectivity index (χ1n) is 11.4. The highest BCUT2D eigenvalue weighted by molar-refractivity contribution is 7.21. The van der Waals surface area contributed by atoms with Gasteiger partial charge in [-0.15, -0.1) is 11.3 Å². The van der Waals surface area contributed by atoms with Crippen LogP contribution in [0.1, 0.15) is 46.1 Å². The number of benzene rings is 3. The molecule has 4 rings (SSSR count). The molecule has 0 spiro atoms. The zero-order chi connectivity index (χ0) is 25.7. The maximum absolute atomic E-state index is 12.8. The van der Waals surface area contributed by atoms with Crippen LogP contribution in [-0.2, 0) is 4.79 Å². The Labute approximate surface area is 218 Å². The first-order valence-corrected chi connectivity index (χ1v) is 12.6. The average Bonchev–Trinajstić information content (AvgIpc) is 3.21. The van der Waals surface area contributed by atoms with Gasteiger partial charge in [0.15, 0.2) is 6.61 Å². The van der Waals surface area contributed by atoms with Crippen LogP contribution in [0.3, 0.4) is 0 Å². The van der Waals surface area contributed by atoms with Crippen LogP contribution in [0, 0.1) is 6.92 Å². The molecule has 36 heavy (non-hydrogen) atoms. The van der Waals surface area contributed by atoms with E-state index in [9.17, 15) is 9.59 Å². The average molecular weight is 521 g/mol. The van der Waals surface area contributed by atoms with Gasteiger partial charge in [-0.25, -0.2) is 10.2 Å². The Bertz CT molecular complexity index is 1440. The molecule has 0 fully saturated rings. The van der Waals surface area contributed by atoms with Crippen LogP contribution in [0.4, 0.5) is 0 Å². The Hall–Kier alpha value is -3.68. The minimum Gasteiger partial charge on any atom is -0.483 e. The summed E-state index contributed by atoms with van der Waals surface area (Å²) in [5.74, 6) is 0.352. The van der Waals surface area contributed by atoms with Crippen LogP contribution in [0.15, 0.2) is 71.8 Å². The normalized spacial score (nSPS) is 11.2. The van der Waals surface area contributed by atoms with Crippen LogP contribution < -0.4 is 14.9 Å². The van der Waals surface area contributed by atoms with E-state index in [2.05, 4.69) is 30.4 Å². The molecule has 1 heterocycles. The van der Waals surface area contributed by atoms with E-state index in [-0.39, 0.29) is 6.61 Å². The van der Waals surface area contributed by atoms with Crippen molar-refractivity contribution in [3.63, 3.8) is 0 Å². The summed E-state index contributed by atoms with van der Waals surface area (Å²) in [6.45, 7) is 5.95. The third kappa shape index (κ3) is 5.93. The summed E-state index contributed by atoms with van der Waals surface area (Å²) in [5.41, 5.74) is 5.05. The fourth-order valence-corrected chi connectivity index (χ4v) is 4.84. The van der Waals surface area contributed by atoms with Crippen LogP contribution in [0.2, 0.25) is 5.02 Å². The lowest BCUT2D eigenvalue weighted by Gasteiger charge is -2.12. The fraction of sp³-hybridized carbons (Fsp3) is 0.179. The standard InChI is InChI=1S/C28H25ClN2O4S/c1-17(2)19-13-12-18(3)23(14-19)34-16-25(32)31-30-15-20-8-4-6-10-22(20)35-28(33)27-26(29)21-9-5-7-11-24(21)36-27/h4-15,17H,16H2,1-3H3,(H,31,32). The first-order chi connectivity index (χ1) is 17.3. The molecule has 0 atom stereocenters. The van der Waals surface area contributed by atoms with E-state index in [4.69, 9.17) is 21.1 Å². The quantitative estimate of drug-likeness (QED) is 0.121. The second-order valence-electron chi connectivity index (χ2n) is 8.43. The topological polar surface area (TPSA) is 77.0 Å². The highest BCUT2D eigenvalue weighted by Crippen LogP contribution is 2.36. The van der Waals surface area contributed by atoms with Crippen molar-refractivity contribution in [3.8, 4) is 11.5 Å². The van der Waals surface area contributed by atoms with Crippen molar-refractivity contribution in [1.82, 2.24) is 5.43 Å². The number of esters is 1. The van der Waals surface area contributed by atoms with Crippen LogP contribution in [0.25, 0.3) is 10.1 Å².